The Morgan fingerprint density at radius 2 is 1.62 bits per heavy atom. The van der Waals surface area contributed by atoms with Crippen LogP contribution in [0.1, 0.15) is 5.69 Å². The van der Waals surface area contributed by atoms with E-state index in [2.05, 4.69) is 31.0 Å². The van der Waals surface area contributed by atoms with Gasteiger partial charge in [0.05, 0.1) is 7.11 Å². The van der Waals surface area contributed by atoms with Gasteiger partial charge in [-0.2, -0.15) is 10.1 Å². The van der Waals surface area contributed by atoms with Crippen LogP contribution in [-0.2, 0) is 11.3 Å². The number of hydrogen-bond acceptors (Lipinski definition) is 8. The molecule has 0 aliphatic carbocycles. The number of carbonyl (C=O) groups excluding carboxylic acids is 1. The number of anilines is 5. The molecule has 0 unspecified atom stereocenters. The van der Waals surface area contributed by atoms with Crippen LogP contribution in [0.3, 0.4) is 0 Å². The van der Waals surface area contributed by atoms with Gasteiger partial charge in [-0.05, 0) is 61.5 Å². The Morgan fingerprint density at radius 3 is 2.32 bits per heavy atom. The third kappa shape index (κ3) is 5.94. The van der Waals surface area contributed by atoms with Crippen molar-refractivity contribution < 1.29 is 9.53 Å². The van der Waals surface area contributed by atoms with Crippen molar-refractivity contribution >= 4 is 34.7 Å². The molecule has 4 aromatic rings. The maximum Gasteiger partial charge on any atom is 0.267 e. The molecule has 0 bridgehead atoms. The number of carbonyl (C=O) groups is 1. The summed E-state index contributed by atoms with van der Waals surface area (Å²) in [6.07, 6.45) is 1.46. The standard InChI is InChI=1S/C24H23N7O3/c1-16-14-21(27-17-9-11-20(34-2)12-10-17)30-24(26-16)29-19-7-5-18(6-8-19)28-22(32)15-31-23(33)4-3-13-25-31/h3-14H,15H2,1-2H3,(H,28,32)(H2,26,27,29,30). The van der Waals surface area contributed by atoms with Gasteiger partial charge in [-0.1, -0.05) is 0 Å². The molecule has 4 rings (SSSR count). The minimum Gasteiger partial charge on any atom is -0.497 e. The lowest BCUT2D eigenvalue weighted by atomic mass is 10.2. The highest BCUT2D eigenvalue weighted by Gasteiger charge is 2.07. The number of aromatic nitrogens is 4. The van der Waals surface area contributed by atoms with Crippen LogP contribution in [0, 0.1) is 6.92 Å². The van der Waals surface area contributed by atoms with Crippen LogP contribution in [0.5, 0.6) is 5.75 Å². The van der Waals surface area contributed by atoms with Crippen LogP contribution in [0.25, 0.3) is 0 Å². The van der Waals surface area contributed by atoms with Crippen molar-refractivity contribution in [3.05, 3.63) is 89.0 Å². The Bertz CT molecular complexity index is 1340. The normalized spacial score (nSPS) is 10.4. The van der Waals surface area contributed by atoms with Gasteiger partial charge in [-0.25, -0.2) is 9.67 Å². The number of hydrogen-bond donors (Lipinski definition) is 3. The number of rotatable bonds is 8. The van der Waals surface area contributed by atoms with Crippen molar-refractivity contribution in [1.82, 2.24) is 19.7 Å². The predicted octanol–water partition coefficient (Wildman–Crippen LogP) is 3.48. The number of methoxy groups -OCH3 is 1. The minimum atomic E-state index is -0.349. The van der Waals surface area contributed by atoms with Crippen molar-refractivity contribution in [2.24, 2.45) is 0 Å². The number of aryl methyl sites for hydroxylation is 1. The predicted molar refractivity (Wildman–Crippen MR) is 130 cm³/mol. The lowest BCUT2D eigenvalue weighted by Gasteiger charge is -2.11. The van der Waals surface area contributed by atoms with Gasteiger partial charge in [-0.15, -0.1) is 0 Å². The Balaban J connectivity index is 1.39. The van der Waals surface area contributed by atoms with E-state index in [4.69, 9.17) is 4.74 Å². The maximum atomic E-state index is 12.2. The molecule has 3 N–H and O–H groups in total. The van der Waals surface area contributed by atoms with Crippen molar-refractivity contribution in [3.8, 4) is 5.75 Å². The van der Waals surface area contributed by atoms with Gasteiger partial charge >= 0.3 is 0 Å². The molecule has 2 aromatic heterocycles. The molecule has 34 heavy (non-hydrogen) atoms. The van der Waals surface area contributed by atoms with Gasteiger partial charge in [0, 0.05) is 41.1 Å². The number of amides is 1. The summed E-state index contributed by atoms with van der Waals surface area (Å²) in [5.41, 5.74) is 2.67. The van der Waals surface area contributed by atoms with Crippen LogP contribution in [-0.4, -0.2) is 32.8 Å². The highest BCUT2D eigenvalue weighted by molar-refractivity contribution is 5.90. The summed E-state index contributed by atoms with van der Waals surface area (Å²) < 4.78 is 6.28. The zero-order valence-electron chi connectivity index (χ0n) is 18.6. The van der Waals surface area contributed by atoms with Gasteiger partial charge in [0.15, 0.2) is 0 Å². The Kier molecular flexibility index (Phi) is 6.78. The van der Waals surface area contributed by atoms with Crippen LogP contribution in [0.15, 0.2) is 77.7 Å². The fraction of sp³-hybridized carbons (Fsp3) is 0.125. The van der Waals surface area contributed by atoms with E-state index in [0.717, 1.165) is 27.5 Å². The van der Waals surface area contributed by atoms with Crippen LogP contribution in [0.2, 0.25) is 0 Å². The molecular formula is C24H23N7O3. The molecule has 0 radical (unpaired) electrons. The van der Waals surface area contributed by atoms with Gasteiger partial charge in [0.2, 0.25) is 11.9 Å². The first-order chi connectivity index (χ1) is 16.5. The second-order valence-electron chi connectivity index (χ2n) is 7.34. The highest BCUT2D eigenvalue weighted by Crippen LogP contribution is 2.22. The first-order valence-electron chi connectivity index (χ1n) is 10.4. The number of ether oxygens (including phenoxy) is 1. The topological polar surface area (TPSA) is 123 Å². The van der Waals surface area contributed by atoms with Crippen molar-refractivity contribution in [2.75, 3.05) is 23.1 Å². The number of benzene rings is 2. The molecule has 10 nitrogen and oxygen atoms in total. The second kappa shape index (κ2) is 10.3. The Labute approximate surface area is 195 Å². The van der Waals surface area contributed by atoms with E-state index < -0.39 is 0 Å². The largest absolute Gasteiger partial charge is 0.497 e. The van der Waals surface area contributed by atoms with Crippen molar-refractivity contribution in [2.45, 2.75) is 13.5 Å². The molecule has 0 aliphatic rings. The minimum absolute atomic E-state index is 0.166. The highest BCUT2D eigenvalue weighted by atomic mass is 16.5. The summed E-state index contributed by atoms with van der Waals surface area (Å²) in [6, 6.07) is 19.3. The Morgan fingerprint density at radius 1 is 0.941 bits per heavy atom. The first-order valence-corrected chi connectivity index (χ1v) is 10.4. The van der Waals surface area contributed by atoms with Gasteiger partial charge in [0.1, 0.15) is 18.1 Å². The van der Waals surface area contributed by atoms with E-state index in [0.29, 0.717) is 17.5 Å². The third-order valence-corrected chi connectivity index (χ3v) is 4.72. The van der Waals surface area contributed by atoms with E-state index in [1.54, 1.807) is 31.4 Å². The van der Waals surface area contributed by atoms with Crippen molar-refractivity contribution in [1.29, 1.82) is 0 Å². The smallest absolute Gasteiger partial charge is 0.267 e. The van der Waals surface area contributed by atoms with E-state index in [1.807, 2.05) is 37.3 Å². The Hall–Kier alpha value is -4.73. The van der Waals surface area contributed by atoms with E-state index in [9.17, 15) is 9.59 Å². The molecule has 10 heteroatoms. The molecular weight excluding hydrogens is 434 g/mol. The summed E-state index contributed by atoms with van der Waals surface area (Å²) in [5.74, 6) is 1.51. The summed E-state index contributed by atoms with van der Waals surface area (Å²) in [7, 11) is 1.62. The second-order valence-corrected chi connectivity index (χ2v) is 7.34. The summed E-state index contributed by atoms with van der Waals surface area (Å²) >= 11 is 0. The summed E-state index contributed by atoms with van der Waals surface area (Å²) in [5, 5.41) is 13.0. The van der Waals surface area contributed by atoms with E-state index in [1.165, 1.54) is 18.3 Å². The first kappa shape index (κ1) is 22.5. The summed E-state index contributed by atoms with van der Waals surface area (Å²) in [6.45, 7) is 1.72. The monoisotopic (exact) mass is 457 g/mol. The van der Waals surface area contributed by atoms with E-state index in [-0.39, 0.29) is 18.0 Å². The maximum absolute atomic E-state index is 12.2. The molecule has 0 aliphatic heterocycles. The quantitative estimate of drug-likeness (QED) is 0.368. The summed E-state index contributed by atoms with van der Waals surface area (Å²) in [4.78, 5) is 32.9. The number of nitrogens with one attached hydrogen (secondary N) is 3. The lowest BCUT2D eigenvalue weighted by molar-refractivity contribution is -0.117. The average Bonchev–Trinajstić information content (AvgIpc) is 2.82. The number of nitrogens with zero attached hydrogens (tertiary/aromatic N) is 4. The van der Waals surface area contributed by atoms with E-state index >= 15 is 0 Å². The van der Waals surface area contributed by atoms with Gasteiger partial charge in [0.25, 0.3) is 5.56 Å². The molecule has 2 aromatic carbocycles. The molecule has 2 heterocycles. The third-order valence-electron chi connectivity index (χ3n) is 4.72. The molecule has 0 saturated carbocycles. The zero-order chi connectivity index (χ0) is 23.9. The van der Waals surface area contributed by atoms with Crippen LogP contribution in [0.4, 0.5) is 28.8 Å². The van der Waals surface area contributed by atoms with Crippen molar-refractivity contribution in [3.63, 3.8) is 0 Å². The van der Waals surface area contributed by atoms with Gasteiger partial charge in [-0.3, -0.25) is 9.59 Å². The molecule has 172 valence electrons. The molecule has 0 saturated heterocycles. The molecule has 0 fully saturated rings. The van der Waals surface area contributed by atoms with Crippen LogP contribution < -0.4 is 26.2 Å². The van der Waals surface area contributed by atoms with Gasteiger partial charge < -0.3 is 20.7 Å². The molecule has 1 amide bonds. The SMILES string of the molecule is COc1ccc(Nc2cc(C)nc(Nc3ccc(NC(=O)Cn4ncccc4=O)cc3)n2)cc1. The fourth-order valence-corrected chi connectivity index (χ4v) is 3.12. The molecule has 0 atom stereocenters. The average molecular weight is 457 g/mol. The van der Waals surface area contributed by atoms with Crippen LogP contribution >= 0.6 is 0 Å². The molecule has 0 spiro atoms. The zero-order valence-corrected chi connectivity index (χ0v) is 18.6. The fourth-order valence-electron chi connectivity index (χ4n) is 3.12. The lowest BCUT2D eigenvalue weighted by Crippen LogP contribution is -2.28.